The average Bonchev–Trinajstić information content (AvgIpc) is 2.70. The highest BCUT2D eigenvalue weighted by Gasteiger charge is 2.18. The summed E-state index contributed by atoms with van der Waals surface area (Å²) in [6.45, 7) is 8.25. The van der Waals surface area contributed by atoms with E-state index in [0.29, 0.717) is 6.54 Å². The van der Waals surface area contributed by atoms with Crippen molar-refractivity contribution < 1.29 is 4.74 Å². The van der Waals surface area contributed by atoms with E-state index in [1.807, 2.05) is 19.3 Å². The third kappa shape index (κ3) is 5.45. The number of morpholine rings is 1. The first-order valence-corrected chi connectivity index (χ1v) is 9.84. The summed E-state index contributed by atoms with van der Waals surface area (Å²) < 4.78 is 5.63. The minimum Gasteiger partial charge on any atom is -0.375 e. The van der Waals surface area contributed by atoms with Crippen LogP contribution in [0.4, 0.5) is 5.82 Å². The molecule has 28 heavy (non-hydrogen) atoms. The second kappa shape index (κ2) is 9.55. The summed E-state index contributed by atoms with van der Waals surface area (Å²) in [5.41, 5.74) is 3.73. The number of hydrogen-bond donors (Lipinski definition) is 1. The standard InChI is InChI=1S/C22H31N5O/c1-17-5-7-19(8-6-17)16-26(4)22(23-3)25-14-20-9-10-24-21(13-20)27-11-12-28-18(2)15-27/h5-10,13,18H,11-12,14-16H2,1-4H3,(H,23,25). The van der Waals surface area contributed by atoms with Gasteiger partial charge in [-0.15, -0.1) is 0 Å². The fraction of sp³-hybridized carbons (Fsp3) is 0.455. The van der Waals surface area contributed by atoms with Crippen LogP contribution in [0.15, 0.2) is 47.6 Å². The molecule has 1 unspecified atom stereocenters. The Kier molecular flexibility index (Phi) is 6.87. The van der Waals surface area contributed by atoms with E-state index in [-0.39, 0.29) is 6.10 Å². The summed E-state index contributed by atoms with van der Waals surface area (Å²) in [5, 5.41) is 3.46. The predicted molar refractivity (Wildman–Crippen MR) is 115 cm³/mol. The van der Waals surface area contributed by atoms with Crippen LogP contribution in [0.3, 0.4) is 0 Å². The van der Waals surface area contributed by atoms with Gasteiger partial charge in [0.25, 0.3) is 0 Å². The van der Waals surface area contributed by atoms with E-state index in [9.17, 15) is 0 Å². The third-order valence-electron chi connectivity index (χ3n) is 4.94. The first-order chi connectivity index (χ1) is 13.5. The lowest BCUT2D eigenvalue weighted by Gasteiger charge is -2.32. The molecule has 0 aliphatic carbocycles. The molecule has 2 heterocycles. The lowest BCUT2D eigenvalue weighted by Crippen LogP contribution is -2.41. The summed E-state index contributed by atoms with van der Waals surface area (Å²) in [6, 6.07) is 12.8. The molecular formula is C22H31N5O. The van der Waals surface area contributed by atoms with Crippen molar-refractivity contribution in [3.05, 3.63) is 59.3 Å². The van der Waals surface area contributed by atoms with Gasteiger partial charge in [-0.05, 0) is 37.1 Å². The lowest BCUT2D eigenvalue weighted by molar-refractivity contribution is 0.0529. The molecule has 0 spiro atoms. The van der Waals surface area contributed by atoms with Gasteiger partial charge >= 0.3 is 0 Å². The SMILES string of the molecule is CN=C(NCc1ccnc(N2CCOC(C)C2)c1)N(C)Cc1ccc(C)cc1. The van der Waals surface area contributed by atoms with Gasteiger partial charge in [-0.3, -0.25) is 4.99 Å². The number of nitrogens with zero attached hydrogens (tertiary/aromatic N) is 4. The van der Waals surface area contributed by atoms with Crippen molar-refractivity contribution in [1.82, 2.24) is 15.2 Å². The topological polar surface area (TPSA) is 53.0 Å². The fourth-order valence-corrected chi connectivity index (χ4v) is 3.38. The van der Waals surface area contributed by atoms with Gasteiger partial charge < -0.3 is 19.9 Å². The molecule has 1 fully saturated rings. The smallest absolute Gasteiger partial charge is 0.193 e. The van der Waals surface area contributed by atoms with Crippen LogP contribution >= 0.6 is 0 Å². The van der Waals surface area contributed by atoms with E-state index in [1.165, 1.54) is 16.7 Å². The molecule has 1 aliphatic rings. The van der Waals surface area contributed by atoms with E-state index in [4.69, 9.17) is 4.74 Å². The minimum atomic E-state index is 0.242. The Hall–Kier alpha value is -2.60. The van der Waals surface area contributed by atoms with Crippen LogP contribution in [-0.2, 0) is 17.8 Å². The molecule has 0 amide bonds. The van der Waals surface area contributed by atoms with Crippen molar-refractivity contribution in [2.75, 3.05) is 38.7 Å². The molecule has 150 valence electrons. The maximum Gasteiger partial charge on any atom is 0.193 e. The molecule has 2 aromatic rings. The van der Waals surface area contributed by atoms with E-state index in [2.05, 4.69) is 76.3 Å². The molecule has 6 heteroatoms. The summed E-state index contributed by atoms with van der Waals surface area (Å²) in [7, 11) is 3.88. The lowest BCUT2D eigenvalue weighted by atomic mass is 10.1. The number of aryl methyl sites for hydroxylation is 1. The zero-order valence-electron chi connectivity index (χ0n) is 17.4. The van der Waals surface area contributed by atoms with Crippen molar-refractivity contribution in [2.45, 2.75) is 33.0 Å². The van der Waals surface area contributed by atoms with E-state index in [1.54, 1.807) is 0 Å². The van der Waals surface area contributed by atoms with Gasteiger partial charge in [0.15, 0.2) is 5.96 Å². The number of aliphatic imine (C=N–C) groups is 1. The number of anilines is 1. The van der Waals surface area contributed by atoms with Gasteiger partial charge in [0.05, 0.1) is 12.7 Å². The molecule has 1 aliphatic heterocycles. The highest BCUT2D eigenvalue weighted by atomic mass is 16.5. The van der Waals surface area contributed by atoms with Crippen LogP contribution in [0, 0.1) is 6.92 Å². The van der Waals surface area contributed by atoms with Crippen LogP contribution in [0.25, 0.3) is 0 Å². The Balaban J connectivity index is 1.58. The van der Waals surface area contributed by atoms with Gasteiger partial charge in [-0.2, -0.15) is 0 Å². The van der Waals surface area contributed by atoms with Crippen LogP contribution in [0.1, 0.15) is 23.6 Å². The molecule has 0 bridgehead atoms. The predicted octanol–water partition coefficient (Wildman–Crippen LogP) is 2.82. The largest absolute Gasteiger partial charge is 0.375 e. The van der Waals surface area contributed by atoms with E-state index < -0.39 is 0 Å². The zero-order valence-corrected chi connectivity index (χ0v) is 17.4. The Bertz CT molecular complexity index is 790. The van der Waals surface area contributed by atoms with Crippen LogP contribution < -0.4 is 10.2 Å². The maximum atomic E-state index is 5.63. The summed E-state index contributed by atoms with van der Waals surface area (Å²) >= 11 is 0. The van der Waals surface area contributed by atoms with Crippen molar-refractivity contribution in [3.63, 3.8) is 0 Å². The highest BCUT2D eigenvalue weighted by molar-refractivity contribution is 5.79. The number of nitrogens with one attached hydrogen (secondary N) is 1. The first kappa shape index (κ1) is 20.1. The number of hydrogen-bond acceptors (Lipinski definition) is 4. The van der Waals surface area contributed by atoms with Crippen LogP contribution in [0.2, 0.25) is 0 Å². The van der Waals surface area contributed by atoms with E-state index in [0.717, 1.165) is 38.0 Å². The van der Waals surface area contributed by atoms with Crippen molar-refractivity contribution in [1.29, 1.82) is 0 Å². The molecule has 1 saturated heterocycles. The first-order valence-electron chi connectivity index (χ1n) is 9.84. The summed E-state index contributed by atoms with van der Waals surface area (Å²) in [6.07, 6.45) is 2.12. The average molecular weight is 382 g/mol. The van der Waals surface area contributed by atoms with Crippen molar-refractivity contribution in [3.8, 4) is 0 Å². The normalized spacial score (nSPS) is 17.5. The van der Waals surface area contributed by atoms with Gasteiger partial charge in [0.1, 0.15) is 5.82 Å². The molecular weight excluding hydrogens is 350 g/mol. The molecule has 0 radical (unpaired) electrons. The fourth-order valence-electron chi connectivity index (χ4n) is 3.38. The molecule has 0 saturated carbocycles. The van der Waals surface area contributed by atoms with Crippen LogP contribution in [0.5, 0.6) is 0 Å². The quantitative estimate of drug-likeness (QED) is 0.638. The van der Waals surface area contributed by atoms with Crippen molar-refractivity contribution in [2.24, 2.45) is 4.99 Å². The van der Waals surface area contributed by atoms with Crippen LogP contribution in [-0.4, -0.2) is 55.7 Å². The second-order valence-electron chi connectivity index (χ2n) is 7.39. The maximum absolute atomic E-state index is 5.63. The van der Waals surface area contributed by atoms with Gasteiger partial charge in [0, 0.05) is 46.5 Å². The van der Waals surface area contributed by atoms with E-state index >= 15 is 0 Å². The number of aromatic nitrogens is 1. The molecule has 3 rings (SSSR count). The van der Waals surface area contributed by atoms with Gasteiger partial charge in [0.2, 0.25) is 0 Å². The number of rotatable bonds is 5. The molecule has 1 aromatic carbocycles. The number of pyridine rings is 1. The number of benzene rings is 1. The third-order valence-corrected chi connectivity index (χ3v) is 4.94. The molecule has 6 nitrogen and oxygen atoms in total. The Morgan fingerprint density at radius 1 is 1.29 bits per heavy atom. The highest BCUT2D eigenvalue weighted by Crippen LogP contribution is 2.16. The number of guanidine groups is 1. The Morgan fingerprint density at radius 3 is 2.79 bits per heavy atom. The van der Waals surface area contributed by atoms with Gasteiger partial charge in [-0.1, -0.05) is 29.8 Å². The molecule has 1 atom stereocenters. The summed E-state index contributed by atoms with van der Waals surface area (Å²) in [4.78, 5) is 13.4. The molecule has 1 aromatic heterocycles. The molecule has 1 N–H and O–H groups in total. The van der Waals surface area contributed by atoms with Gasteiger partial charge in [-0.25, -0.2) is 4.98 Å². The zero-order chi connectivity index (χ0) is 19.9. The Morgan fingerprint density at radius 2 is 2.07 bits per heavy atom. The number of ether oxygens (including phenoxy) is 1. The second-order valence-corrected chi connectivity index (χ2v) is 7.39. The monoisotopic (exact) mass is 381 g/mol. The summed E-state index contributed by atoms with van der Waals surface area (Å²) in [5.74, 6) is 1.89. The minimum absolute atomic E-state index is 0.242. The Labute approximate surface area is 168 Å². The van der Waals surface area contributed by atoms with Crippen molar-refractivity contribution >= 4 is 11.8 Å².